The lowest BCUT2D eigenvalue weighted by atomic mass is 10.0. The van der Waals surface area contributed by atoms with E-state index in [4.69, 9.17) is 0 Å². The molecule has 1 N–H and O–H groups in total. The average Bonchev–Trinajstić information content (AvgIpc) is 2.52. The molecule has 0 saturated carbocycles. The van der Waals surface area contributed by atoms with Crippen LogP contribution in [0.5, 0.6) is 0 Å². The predicted octanol–water partition coefficient (Wildman–Crippen LogP) is 3.49. The number of rotatable bonds is 7. The van der Waals surface area contributed by atoms with Crippen molar-refractivity contribution in [3.8, 4) is 0 Å². The number of nitro benzene ring substituents is 1. The second-order valence-corrected chi connectivity index (χ2v) is 4.98. The summed E-state index contributed by atoms with van der Waals surface area (Å²) in [6.45, 7) is 3.59. The molecule has 0 radical (unpaired) electrons. The molecule has 2 rings (SSSR count). The van der Waals surface area contributed by atoms with Gasteiger partial charge in [0.1, 0.15) is 0 Å². The van der Waals surface area contributed by atoms with Crippen molar-refractivity contribution < 1.29 is 4.92 Å². The highest BCUT2D eigenvalue weighted by molar-refractivity contribution is 5.40. The molecular formula is C17H20N2O2. The molecule has 0 aliphatic rings. The molecule has 0 amide bonds. The normalized spacial score (nSPS) is 10.5. The third-order valence-electron chi connectivity index (χ3n) is 3.53. The van der Waals surface area contributed by atoms with Gasteiger partial charge in [-0.2, -0.15) is 0 Å². The maximum atomic E-state index is 10.9. The van der Waals surface area contributed by atoms with Crippen LogP contribution in [0.15, 0.2) is 48.5 Å². The van der Waals surface area contributed by atoms with Gasteiger partial charge in [-0.15, -0.1) is 0 Å². The first-order chi connectivity index (χ1) is 10.2. The number of non-ortho nitro benzene ring substituents is 1. The number of benzene rings is 2. The van der Waals surface area contributed by atoms with Gasteiger partial charge in [0.25, 0.3) is 5.69 Å². The predicted molar refractivity (Wildman–Crippen MR) is 84.3 cm³/mol. The largest absolute Gasteiger partial charge is 0.312 e. The van der Waals surface area contributed by atoms with Gasteiger partial charge in [-0.1, -0.05) is 43.3 Å². The molecule has 0 heterocycles. The number of nitrogens with zero attached hydrogens (tertiary/aromatic N) is 1. The molecule has 0 saturated heterocycles. The summed E-state index contributed by atoms with van der Waals surface area (Å²) in [5.74, 6) is 0. The summed E-state index contributed by atoms with van der Waals surface area (Å²) in [6.07, 6.45) is 1.84. The summed E-state index contributed by atoms with van der Waals surface area (Å²) >= 11 is 0. The van der Waals surface area contributed by atoms with E-state index < -0.39 is 0 Å². The molecule has 0 atom stereocenters. The maximum Gasteiger partial charge on any atom is 0.269 e. The van der Waals surface area contributed by atoms with Crippen LogP contribution in [-0.2, 0) is 19.4 Å². The molecule has 4 nitrogen and oxygen atoms in total. The second-order valence-electron chi connectivity index (χ2n) is 4.98. The Balaban J connectivity index is 1.92. The van der Waals surface area contributed by atoms with Gasteiger partial charge in [0.2, 0.25) is 0 Å². The van der Waals surface area contributed by atoms with E-state index in [1.807, 2.05) is 24.3 Å². The fraction of sp³-hybridized carbons (Fsp3) is 0.294. The van der Waals surface area contributed by atoms with E-state index in [1.165, 1.54) is 5.56 Å². The molecule has 0 aliphatic heterocycles. The highest BCUT2D eigenvalue weighted by atomic mass is 16.6. The highest BCUT2D eigenvalue weighted by Gasteiger charge is 2.09. The van der Waals surface area contributed by atoms with Gasteiger partial charge in [-0.05, 0) is 36.1 Å². The topological polar surface area (TPSA) is 55.2 Å². The molecule has 4 heteroatoms. The third-order valence-corrected chi connectivity index (χ3v) is 3.53. The van der Waals surface area contributed by atoms with Crippen LogP contribution >= 0.6 is 0 Å². The zero-order chi connectivity index (χ0) is 15.1. The Morgan fingerprint density at radius 3 is 2.52 bits per heavy atom. The molecular weight excluding hydrogens is 264 g/mol. The van der Waals surface area contributed by atoms with Crippen molar-refractivity contribution in [2.45, 2.75) is 26.3 Å². The Hall–Kier alpha value is -2.20. The summed E-state index contributed by atoms with van der Waals surface area (Å²) in [5, 5.41) is 14.2. The van der Waals surface area contributed by atoms with Gasteiger partial charge in [0, 0.05) is 18.7 Å². The molecule has 2 aromatic rings. The quantitative estimate of drug-likeness (QED) is 0.481. The van der Waals surface area contributed by atoms with Gasteiger partial charge in [0.05, 0.1) is 4.92 Å². The first-order valence-corrected chi connectivity index (χ1v) is 7.21. The third kappa shape index (κ3) is 4.39. The van der Waals surface area contributed by atoms with Gasteiger partial charge < -0.3 is 5.32 Å². The Kier molecular flexibility index (Phi) is 5.46. The minimum Gasteiger partial charge on any atom is -0.312 e. The van der Waals surface area contributed by atoms with Crippen molar-refractivity contribution >= 4 is 5.69 Å². The van der Waals surface area contributed by atoms with Crippen molar-refractivity contribution in [1.29, 1.82) is 0 Å². The van der Waals surface area contributed by atoms with E-state index >= 15 is 0 Å². The molecule has 0 aromatic heterocycles. The Morgan fingerprint density at radius 1 is 1.10 bits per heavy atom. The number of nitro groups is 1. The fourth-order valence-electron chi connectivity index (χ4n) is 2.34. The minimum atomic E-state index is -0.340. The van der Waals surface area contributed by atoms with E-state index in [-0.39, 0.29) is 10.6 Å². The standard InChI is InChI=1S/C17H20N2O2/c1-2-15-8-9-17(19(20)21)12-16(15)13-18-11-10-14-6-4-3-5-7-14/h3-9,12,18H,2,10-11,13H2,1H3. The van der Waals surface area contributed by atoms with Crippen molar-refractivity contribution in [2.24, 2.45) is 0 Å². The molecule has 0 fully saturated rings. The Bertz CT molecular complexity index is 597. The van der Waals surface area contributed by atoms with Crippen molar-refractivity contribution in [3.63, 3.8) is 0 Å². The molecule has 110 valence electrons. The summed E-state index contributed by atoms with van der Waals surface area (Å²) < 4.78 is 0. The monoisotopic (exact) mass is 284 g/mol. The van der Waals surface area contributed by atoms with Crippen LogP contribution in [0.4, 0.5) is 5.69 Å². The maximum absolute atomic E-state index is 10.9. The van der Waals surface area contributed by atoms with Crippen LogP contribution in [0.25, 0.3) is 0 Å². The summed E-state index contributed by atoms with van der Waals surface area (Å²) in [5.41, 5.74) is 3.62. The zero-order valence-corrected chi connectivity index (χ0v) is 12.2. The molecule has 0 unspecified atom stereocenters. The van der Waals surface area contributed by atoms with Gasteiger partial charge in [-0.3, -0.25) is 10.1 Å². The number of hydrogen-bond donors (Lipinski definition) is 1. The molecule has 21 heavy (non-hydrogen) atoms. The lowest BCUT2D eigenvalue weighted by Crippen LogP contribution is -2.17. The van der Waals surface area contributed by atoms with Crippen LogP contribution in [0.2, 0.25) is 0 Å². The second kappa shape index (κ2) is 7.55. The van der Waals surface area contributed by atoms with Crippen LogP contribution in [-0.4, -0.2) is 11.5 Å². The van der Waals surface area contributed by atoms with Crippen molar-refractivity contribution in [1.82, 2.24) is 5.32 Å². The smallest absolute Gasteiger partial charge is 0.269 e. The van der Waals surface area contributed by atoms with Crippen LogP contribution < -0.4 is 5.32 Å². The Morgan fingerprint density at radius 2 is 1.86 bits per heavy atom. The first-order valence-electron chi connectivity index (χ1n) is 7.21. The summed E-state index contributed by atoms with van der Waals surface area (Å²) in [4.78, 5) is 10.5. The van der Waals surface area contributed by atoms with Crippen LogP contribution in [0.1, 0.15) is 23.6 Å². The first kappa shape index (κ1) is 15.2. The lowest BCUT2D eigenvalue weighted by Gasteiger charge is -2.09. The Labute approximate surface area is 125 Å². The zero-order valence-electron chi connectivity index (χ0n) is 12.2. The minimum absolute atomic E-state index is 0.159. The number of nitrogens with one attached hydrogen (secondary N) is 1. The van der Waals surface area contributed by atoms with Gasteiger partial charge >= 0.3 is 0 Å². The average molecular weight is 284 g/mol. The SMILES string of the molecule is CCc1ccc([N+](=O)[O-])cc1CNCCc1ccccc1. The van der Waals surface area contributed by atoms with Crippen LogP contribution in [0.3, 0.4) is 0 Å². The van der Waals surface area contributed by atoms with E-state index in [0.29, 0.717) is 6.54 Å². The highest BCUT2D eigenvalue weighted by Crippen LogP contribution is 2.18. The van der Waals surface area contributed by atoms with E-state index in [1.54, 1.807) is 12.1 Å². The van der Waals surface area contributed by atoms with E-state index in [9.17, 15) is 10.1 Å². The van der Waals surface area contributed by atoms with Gasteiger partial charge in [0.15, 0.2) is 0 Å². The van der Waals surface area contributed by atoms with Crippen molar-refractivity contribution in [2.75, 3.05) is 6.54 Å². The van der Waals surface area contributed by atoms with Gasteiger partial charge in [-0.25, -0.2) is 0 Å². The van der Waals surface area contributed by atoms with E-state index in [0.717, 1.165) is 30.5 Å². The number of aryl methyl sites for hydroxylation is 1. The van der Waals surface area contributed by atoms with Crippen molar-refractivity contribution in [3.05, 3.63) is 75.3 Å². The van der Waals surface area contributed by atoms with Crippen LogP contribution in [0, 0.1) is 10.1 Å². The molecule has 0 spiro atoms. The molecule has 0 aliphatic carbocycles. The van der Waals surface area contributed by atoms with E-state index in [2.05, 4.69) is 24.4 Å². The fourth-order valence-corrected chi connectivity index (χ4v) is 2.34. The molecule has 0 bridgehead atoms. The summed E-state index contributed by atoms with van der Waals surface area (Å²) in [6, 6.07) is 15.4. The lowest BCUT2D eigenvalue weighted by molar-refractivity contribution is -0.384. The number of hydrogen-bond acceptors (Lipinski definition) is 3. The summed E-state index contributed by atoms with van der Waals surface area (Å²) in [7, 11) is 0. The molecule has 2 aromatic carbocycles.